The van der Waals surface area contributed by atoms with Crippen LogP contribution in [0.3, 0.4) is 0 Å². The van der Waals surface area contributed by atoms with Crippen molar-refractivity contribution in [3.63, 3.8) is 0 Å². The molecule has 1 unspecified atom stereocenters. The van der Waals surface area contributed by atoms with Crippen molar-refractivity contribution in [1.29, 1.82) is 0 Å². The Balaban J connectivity index is 1.18. The number of unbranched alkanes of at least 4 members (excludes halogenated alkanes) is 2. The van der Waals surface area contributed by atoms with Gasteiger partial charge >= 0.3 is 0 Å². The summed E-state index contributed by atoms with van der Waals surface area (Å²) >= 11 is 0. The first-order chi connectivity index (χ1) is 25.1. The quantitative estimate of drug-likeness (QED) is 0.0545. The van der Waals surface area contributed by atoms with E-state index in [1.54, 1.807) is 0 Å². The summed E-state index contributed by atoms with van der Waals surface area (Å²) in [6.45, 7) is 8.35. The van der Waals surface area contributed by atoms with Crippen LogP contribution in [0.1, 0.15) is 81.4 Å². The minimum atomic E-state index is 0.190. The van der Waals surface area contributed by atoms with Gasteiger partial charge in [0.25, 0.3) is 0 Å². The summed E-state index contributed by atoms with van der Waals surface area (Å²) < 4.78 is 0. The van der Waals surface area contributed by atoms with Gasteiger partial charge in [0.2, 0.25) is 0 Å². The molecule has 0 radical (unpaired) electrons. The molecule has 0 aromatic heterocycles. The van der Waals surface area contributed by atoms with E-state index in [0.717, 1.165) is 49.9 Å². The maximum atomic E-state index is 5.36. The second-order valence-electron chi connectivity index (χ2n) is 14.1. The SMILES string of the molecule is C=CCCCCc1ccc(/C(=C/C(C)c2ccc(-c3cc4ccccc4c4ccccc34)cc2)N=C(C)C2=CC=C(C3=CC=CCC3)CC2)cc1. The molecule has 1 nitrogen and oxygen atoms in total. The minimum Gasteiger partial charge on any atom is -0.253 e. The van der Waals surface area contributed by atoms with Crippen molar-refractivity contribution < 1.29 is 0 Å². The summed E-state index contributed by atoms with van der Waals surface area (Å²) in [5, 5.41) is 5.17. The molecule has 0 N–H and O–H groups in total. The zero-order valence-corrected chi connectivity index (χ0v) is 30.2. The highest BCUT2D eigenvalue weighted by Crippen LogP contribution is 2.36. The number of hydrogen-bond donors (Lipinski definition) is 0. The molecular weight excluding hydrogens is 615 g/mol. The Morgan fingerprint density at radius 1 is 0.765 bits per heavy atom. The molecule has 0 saturated carbocycles. The number of allylic oxidation sites excluding steroid dienone is 10. The first-order valence-corrected chi connectivity index (χ1v) is 18.8. The summed E-state index contributed by atoms with van der Waals surface area (Å²) in [6.07, 6.45) is 24.7. The molecule has 0 heterocycles. The van der Waals surface area contributed by atoms with E-state index < -0.39 is 0 Å². The fourth-order valence-electron chi connectivity index (χ4n) is 7.58. The van der Waals surface area contributed by atoms with Crippen LogP contribution < -0.4 is 0 Å². The van der Waals surface area contributed by atoms with Crippen LogP contribution in [0.15, 0.2) is 174 Å². The van der Waals surface area contributed by atoms with Crippen molar-refractivity contribution in [2.45, 2.75) is 71.1 Å². The lowest BCUT2D eigenvalue weighted by molar-refractivity contribution is 0.748. The van der Waals surface area contributed by atoms with Crippen LogP contribution in [0.5, 0.6) is 0 Å². The van der Waals surface area contributed by atoms with Gasteiger partial charge in [-0.05, 0) is 130 Å². The Morgan fingerprint density at radius 3 is 2.24 bits per heavy atom. The number of nitrogens with zero attached hydrogens (tertiary/aromatic N) is 1. The molecule has 0 spiro atoms. The van der Waals surface area contributed by atoms with Gasteiger partial charge in [-0.3, -0.25) is 4.99 Å². The van der Waals surface area contributed by atoms with E-state index in [4.69, 9.17) is 4.99 Å². The highest BCUT2D eigenvalue weighted by molar-refractivity contribution is 6.13. The fraction of sp³-hybridized carbons (Fsp3) is 0.220. The zero-order chi connectivity index (χ0) is 35.0. The van der Waals surface area contributed by atoms with Gasteiger partial charge in [-0.2, -0.15) is 0 Å². The highest BCUT2D eigenvalue weighted by atomic mass is 14.8. The summed E-state index contributed by atoms with van der Waals surface area (Å²) in [5.74, 6) is 0.190. The number of rotatable bonds is 12. The van der Waals surface area contributed by atoms with Crippen molar-refractivity contribution >= 4 is 33.0 Å². The topological polar surface area (TPSA) is 12.4 Å². The monoisotopic (exact) mass is 663 g/mol. The summed E-state index contributed by atoms with van der Waals surface area (Å²) in [4.78, 5) is 5.36. The van der Waals surface area contributed by atoms with E-state index in [2.05, 4.69) is 160 Å². The third kappa shape index (κ3) is 8.05. The van der Waals surface area contributed by atoms with E-state index >= 15 is 0 Å². The molecule has 5 aromatic carbocycles. The third-order valence-corrected chi connectivity index (χ3v) is 10.6. The molecule has 0 saturated heterocycles. The summed E-state index contributed by atoms with van der Waals surface area (Å²) in [5.41, 5.74) is 12.8. The smallest absolute Gasteiger partial charge is 0.0671 e. The molecule has 0 bridgehead atoms. The molecule has 5 aromatic rings. The molecule has 2 aliphatic rings. The largest absolute Gasteiger partial charge is 0.253 e. The fourth-order valence-corrected chi connectivity index (χ4v) is 7.58. The second kappa shape index (κ2) is 16.2. The summed E-state index contributed by atoms with van der Waals surface area (Å²) in [7, 11) is 0. The van der Waals surface area contributed by atoms with Gasteiger partial charge in [0.1, 0.15) is 0 Å². The zero-order valence-electron chi connectivity index (χ0n) is 30.2. The second-order valence-corrected chi connectivity index (χ2v) is 14.1. The highest BCUT2D eigenvalue weighted by Gasteiger charge is 2.15. The molecule has 2 aliphatic carbocycles. The number of aliphatic imine (C=N–C) groups is 1. The molecule has 0 amide bonds. The van der Waals surface area contributed by atoms with E-state index in [1.807, 2.05) is 6.08 Å². The molecule has 0 fully saturated rings. The van der Waals surface area contributed by atoms with Crippen LogP contribution in [0.2, 0.25) is 0 Å². The Morgan fingerprint density at radius 2 is 1.51 bits per heavy atom. The van der Waals surface area contributed by atoms with Crippen molar-refractivity contribution in [1.82, 2.24) is 0 Å². The first kappa shape index (κ1) is 34.2. The number of fused-ring (bicyclic) bond motifs is 3. The van der Waals surface area contributed by atoms with Crippen molar-refractivity contribution in [2.75, 3.05) is 0 Å². The van der Waals surface area contributed by atoms with Gasteiger partial charge in [-0.15, -0.1) is 6.58 Å². The van der Waals surface area contributed by atoms with Gasteiger partial charge < -0.3 is 0 Å². The molecule has 7 rings (SSSR count). The average Bonchev–Trinajstić information content (AvgIpc) is 3.19. The first-order valence-electron chi connectivity index (χ1n) is 18.8. The number of aryl methyl sites for hydroxylation is 1. The van der Waals surface area contributed by atoms with Crippen LogP contribution in [0.4, 0.5) is 0 Å². The predicted molar refractivity (Wildman–Crippen MR) is 222 cm³/mol. The lowest BCUT2D eigenvalue weighted by Crippen LogP contribution is -2.05. The maximum absolute atomic E-state index is 5.36. The van der Waals surface area contributed by atoms with Gasteiger partial charge in [0.15, 0.2) is 0 Å². The van der Waals surface area contributed by atoms with Crippen molar-refractivity contribution in [3.05, 3.63) is 186 Å². The van der Waals surface area contributed by atoms with E-state index in [0.29, 0.717) is 0 Å². The molecule has 51 heavy (non-hydrogen) atoms. The number of hydrogen-bond acceptors (Lipinski definition) is 1. The Labute approximate surface area is 304 Å². The minimum absolute atomic E-state index is 0.190. The van der Waals surface area contributed by atoms with Gasteiger partial charge in [-0.25, -0.2) is 0 Å². The van der Waals surface area contributed by atoms with E-state index in [-0.39, 0.29) is 5.92 Å². The molecule has 254 valence electrons. The lowest BCUT2D eigenvalue weighted by Gasteiger charge is -2.19. The Bertz CT molecular complexity index is 2210. The van der Waals surface area contributed by atoms with Crippen LogP contribution in [0, 0.1) is 0 Å². The van der Waals surface area contributed by atoms with Crippen molar-refractivity contribution in [2.24, 2.45) is 4.99 Å². The molecule has 0 aliphatic heterocycles. The van der Waals surface area contributed by atoms with Crippen LogP contribution >= 0.6 is 0 Å². The third-order valence-electron chi connectivity index (χ3n) is 10.6. The standard InChI is InChI=1S/C50H49N/c1-4-5-6-8-15-38-22-24-44(25-23-38)50(51-37(3)40-28-30-42(31-29-40)41-16-9-7-10-17-41)34-36(2)39-26-32-43(33-27-39)49-35-45-18-11-12-19-46(45)47-20-13-14-21-48(47)49/h4,7,9,11-14,16,18-28,30,32-36H,1,5-6,8,10,15,17,29,31H2,2-3H3/b50-34-,51-37?. The normalized spacial score (nSPS) is 15.8. The molecular formula is C50H49N. The van der Waals surface area contributed by atoms with E-state index in [9.17, 15) is 0 Å². The Kier molecular flexibility index (Phi) is 10.8. The van der Waals surface area contributed by atoms with Crippen molar-refractivity contribution in [3.8, 4) is 11.1 Å². The Hall–Kier alpha value is -5.27. The average molecular weight is 664 g/mol. The molecule has 1 atom stereocenters. The van der Waals surface area contributed by atoms with Crippen LogP contribution in [0.25, 0.3) is 38.4 Å². The summed E-state index contributed by atoms with van der Waals surface area (Å²) in [6, 6.07) is 38.1. The van der Waals surface area contributed by atoms with Crippen LogP contribution in [-0.2, 0) is 6.42 Å². The van der Waals surface area contributed by atoms with Gasteiger partial charge in [0.05, 0.1) is 5.70 Å². The molecule has 1 heteroatoms. The van der Waals surface area contributed by atoms with Crippen LogP contribution in [-0.4, -0.2) is 5.71 Å². The maximum Gasteiger partial charge on any atom is 0.0671 e. The predicted octanol–water partition coefficient (Wildman–Crippen LogP) is 14.1. The van der Waals surface area contributed by atoms with Gasteiger partial charge in [0, 0.05) is 11.6 Å². The lowest BCUT2D eigenvalue weighted by atomic mass is 9.88. The van der Waals surface area contributed by atoms with E-state index in [1.165, 1.54) is 78.9 Å². The number of benzene rings is 5. The van der Waals surface area contributed by atoms with Gasteiger partial charge in [-0.1, -0.05) is 147 Å².